The SMILES string of the molecule is CCOCCn1c2ccc(C(=O)c3ccc4ccccc4c3)cc2c2cc(/C(C)=N\O)ccc21. The molecule has 1 N–H and O–H groups in total. The van der Waals surface area contributed by atoms with Gasteiger partial charge in [-0.25, -0.2) is 0 Å². The number of fused-ring (bicyclic) bond motifs is 4. The number of oxime groups is 1. The molecular weight excluding hydrogens is 424 g/mol. The third-order valence-corrected chi connectivity index (χ3v) is 6.37. The lowest BCUT2D eigenvalue weighted by molar-refractivity contribution is 0.103. The standard InChI is InChI=1S/C29H26N2O3/c1-3-34-15-14-31-27-12-10-21(19(2)30-33)17-25(27)26-18-24(11-13-28(26)31)29(32)23-9-8-20-6-4-5-7-22(20)16-23/h4-13,16-18,33H,3,14-15H2,1-2H3/b30-19-. The van der Waals surface area contributed by atoms with Crippen molar-refractivity contribution in [1.82, 2.24) is 4.57 Å². The van der Waals surface area contributed by atoms with Gasteiger partial charge >= 0.3 is 0 Å². The molecule has 34 heavy (non-hydrogen) atoms. The molecule has 0 aliphatic carbocycles. The van der Waals surface area contributed by atoms with Crippen molar-refractivity contribution in [3.8, 4) is 0 Å². The van der Waals surface area contributed by atoms with Crippen LogP contribution in [0.15, 0.2) is 84.0 Å². The zero-order chi connectivity index (χ0) is 23.7. The van der Waals surface area contributed by atoms with Crippen LogP contribution in [0.25, 0.3) is 32.6 Å². The molecule has 0 radical (unpaired) electrons. The summed E-state index contributed by atoms with van der Waals surface area (Å²) in [6, 6.07) is 25.8. The highest BCUT2D eigenvalue weighted by atomic mass is 16.5. The van der Waals surface area contributed by atoms with E-state index >= 15 is 0 Å². The zero-order valence-electron chi connectivity index (χ0n) is 19.3. The molecule has 0 bridgehead atoms. The Morgan fingerprint density at radius 3 is 2.18 bits per heavy atom. The molecule has 0 aliphatic heterocycles. The highest BCUT2D eigenvalue weighted by molar-refractivity contribution is 6.16. The first-order chi connectivity index (χ1) is 16.6. The largest absolute Gasteiger partial charge is 0.411 e. The Labute approximate surface area is 197 Å². The molecule has 5 heteroatoms. The molecule has 0 spiro atoms. The predicted octanol–water partition coefficient (Wildman–Crippen LogP) is 6.41. The molecule has 1 aromatic heterocycles. The summed E-state index contributed by atoms with van der Waals surface area (Å²) in [5, 5.41) is 16.8. The van der Waals surface area contributed by atoms with E-state index in [2.05, 4.69) is 9.72 Å². The third-order valence-electron chi connectivity index (χ3n) is 6.37. The second kappa shape index (κ2) is 9.12. The van der Waals surface area contributed by atoms with E-state index in [1.54, 1.807) is 6.92 Å². The molecule has 0 atom stereocenters. The van der Waals surface area contributed by atoms with Gasteiger partial charge in [0.2, 0.25) is 0 Å². The lowest BCUT2D eigenvalue weighted by Gasteiger charge is -2.08. The first-order valence-corrected chi connectivity index (χ1v) is 11.5. The fourth-order valence-electron chi connectivity index (χ4n) is 4.57. The van der Waals surface area contributed by atoms with E-state index in [4.69, 9.17) is 4.74 Å². The molecule has 0 aliphatic rings. The van der Waals surface area contributed by atoms with Crippen molar-refractivity contribution in [3.05, 3.63) is 95.6 Å². The molecule has 5 nitrogen and oxygen atoms in total. The predicted molar refractivity (Wildman–Crippen MR) is 137 cm³/mol. The number of ketones is 1. The van der Waals surface area contributed by atoms with E-state index < -0.39 is 0 Å². The summed E-state index contributed by atoms with van der Waals surface area (Å²) >= 11 is 0. The second-order valence-corrected chi connectivity index (χ2v) is 8.39. The van der Waals surface area contributed by atoms with Crippen molar-refractivity contribution < 1.29 is 14.7 Å². The van der Waals surface area contributed by atoms with Crippen LogP contribution < -0.4 is 0 Å². The molecule has 0 saturated carbocycles. The molecule has 0 unspecified atom stereocenters. The maximum Gasteiger partial charge on any atom is 0.193 e. The quantitative estimate of drug-likeness (QED) is 0.102. The fourth-order valence-corrected chi connectivity index (χ4v) is 4.57. The van der Waals surface area contributed by atoms with E-state index in [-0.39, 0.29) is 5.78 Å². The molecule has 5 rings (SSSR count). The number of ether oxygens (including phenoxy) is 1. The van der Waals surface area contributed by atoms with Crippen molar-refractivity contribution in [2.75, 3.05) is 13.2 Å². The van der Waals surface area contributed by atoms with Crippen LogP contribution in [0, 0.1) is 0 Å². The van der Waals surface area contributed by atoms with Crippen LogP contribution in [0.2, 0.25) is 0 Å². The topological polar surface area (TPSA) is 63.8 Å². The van der Waals surface area contributed by atoms with Crippen LogP contribution in [0.4, 0.5) is 0 Å². The maximum absolute atomic E-state index is 13.4. The average molecular weight is 451 g/mol. The summed E-state index contributed by atoms with van der Waals surface area (Å²) in [5.41, 5.74) is 4.79. The first kappa shape index (κ1) is 21.9. The number of carbonyl (C=O) groups excluding carboxylic acids is 1. The molecule has 0 saturated heterocycles. The highest BCUT2D eigenvalue weighted by Crippen LogP contribution is 2.32. The van der Waals surface area contributed by atoms with Crippen molar-refractivity contribution in [2.24, 2.45) is 5.16 Å². The Bertz CT molecular complexity index is 1560. The van der Waals surface area contributed by atoms with E-state index in [0.29, 0.717) is 36.6 Å². The number of aromatic nitrogens is 1. The highest BCUT2D eigenvalue weighted by Gasteiger charge is 2.16. The Morgan fingerprint density at radius 1 is 0.853 bits per heavy atom. The molecule has 5 aromatic rings. The summed E-state index contributed by atoms with van der Waals surface area (Å²) in [7, 11) is 0. The molecule has 170 valence electrons. The van der Waals surface area contributed by atoms with Gasteiger partial charge in [-0.2, -0.15) is 0 Å². The Balaban J connectivity index is 1.65. The third kappa shape index (κ3) is 3.84. The van der Waals surface area contributed by atoms with E-state index in [1.165, 1.54) is 0 Å². The molecule has 0 fully saturated rings. The summed E-state index contributed by atoms with van der Waals surface area (Å²) in [6.07, 6.45) is 0. The summed E-state index contributed by atoms with van der Waals surface area (Å²) in [5.74, 6) is -0.00729. The summed E-state index contributed by atoms with van der Waals surface area (Å²) < 4.78 is 7.83. The Kier molecular flexibility index (Phi) is 5.86. The summed E-state index contributed by atoms with van der Waals surface area (Å²) in [6.45, 7) is 5.73. The second-order valence-electron chi connectivity index (χ2n) is 8.39. The Hall–Kier alpha value is -3.96. The minimum absolute atomic E-state index is 0.00729. The van der Waals surface area contributed by atoms with Crippen molar-refractivity contribution in [2.45, 2.75) is 20.4 Å². The van der Waals surface area contributed by atoms with Gasteiger partial charge in [-0.1, -0.05) is 47.6 Å². The van der Waals surface area contributed by atoms with Gasteiger partial charge in [-0.15, -0.1) is 0 Å². The minimum Gasteiger partial charge on any atom is -0.411 e. The van der Waals surface area contributed by atoms with Crippen LogP contribution in [0.1, 0.15) is 35.3 Å². The van der Waals surface area contributed by atoms with Gasteiger partial charge in [0.25, 0.3) is 0 Å². The molecular formula is C29H26N2O3. The summed E-state index contributed by atoms with van der Waals surface area (Å²) in [4.78, 5) is 13.4. The maximum atomic E-state index is 13.4. The Morgan fingerprint density at radius 2 is 1.47 bits per heavy atom. The van der Waals surface area contributed by atoms with Gasteiger partial charge in [-0.05, 0) is 66.6 Å². The smallest absolute Gasteiger partial charge is 0.193 e. The number of rotatable bonds is 7. The van der Waals surface area contributed by atoms with Crippen molar-refractivity contribution in [3.63, 3.8) is 0 Å². The monoisotopic (exact) mass is 450 g/mol. The van der Waals surface area contributed by atoms with Gasteiger partial charge in [0.1, 0.15) is 0 Å². The number of nitrogens with zero attached hydrogens (tertiary/aromatic N) is 2. The molecule has 1 heterocycles. The number of hydrogen-bond donors (Lipinski definition) is 1. The van der Waals surface area contributed by atoms with E-state index in [1.807, 2.05) is 85.8 Å². The normalized spacial score (nSPS) is 12.1. The lowest BCUT2D eigenvalue weighted by atomic mass is 9.98. The van der Waals surface area contributed by atoms with Crippen molar-refractivity contribution in [1.29, 1.82) is 0 Å². The van der Waals surface area contributed by atoms with Gasteiger partial charge < -0.3 is 14.5 Å². The van der Waals surface area contributed by atoms with Crippen LogP contribution in [0.5, 0.6) is 0 Å². The van der Waals surface area contributed by atoms with Crippen LogP contribution >= 0.6 is 0 Å². The van der Waals surface area contributed by atoms with Gasteiger partial charge in [0.05, 0.1) is 12.3 Å². The number of benzene rings is 4. The van der Waals surface area contributed by atoms with E-state index in [9.17, 15) is 10.0 Å². The van der Waals surface area contributed by atoms with Gasteiger partial charge in [0, 0.05) is 46.1 Å². The van der Waals surface area contributed by atoms with Crippen LogP contribution in [-0.2, 0) is 11.3 Å². The number of carbonyl (C=O) groups is 1. The van der Waals surface area contributed by atoms with Gasteiger partial charge in [-0.3, -0.25) is 4.79 Å². The zero-order valence-corrected chi connectivity index (χ0v) is 19.3. The lowest BCUT2D eigenvalue weighted by Crippen LogP contribution is -2.06. The van der Waals surface area contributed by atoms with Crippen LogP contribution in [0.3, 0.4) is 0 Å². The molecule has 0 amide bonds. The van der Waals surface area contributed by atoms with Crippen LogP contribution in [-0.4, -0.2) is 34.5 Å². The fraction of sp³-hybridized carbons (Fsp3) is 0.172. The number of hydrogen-bond acceptors (Lipinski definition) is 4. The van der Waals surface area contributed by atoms with E-state index in [0.717, 1.165) is 38.1 Å². The minimum atomic E-state index is -0.00729. The molecule has 4 aromatic carbocycles. The average Bonchev–Trinajstić information content (AvgIpc) is 3.19. The van der Waals surface area contributed by atoms with Crippen molar-refractivity contribution >= 4 is 44.1 Å². The first-order valence-electron chi connectivity index (χ1n) is 11.5. The van der Waals surface area contributed by atoms with Gasteiger partial charge in [0.15, 0.2) is 5.78 Å².